The van der Waals surface area contributed by atoms with Crippen molar-refractivity contribution >= 4 is 5.97 Å². The van der Waals surface area contributed by atoms with Crippen molar-refractivity contribution in [2.75, 3.05) is 0 Å². The number of carbonyl (C=O) groups is 1. The number of rotatable bonds is 1. The average Bonchev–Trinajstić information content (AvgIpc) is 1.82. The number of carboxylic acids is 1. The summed E-state index contributed by atoms with van der Waals surface area (Å²) < 4.78 is 0. The molecule has 1 aliphatic carbocycles. The summed E-state index contributed by atoms with van der Waals surface area (Å²) in [4.78, 5) is 10.6. The van der Waals surface area contributed by atoms with Crippen molar-refractivity contribution in [1.29, 1.82) is 0 Å². The molecule has 5 N–H and O–H groups in total. The van der Waals surface area contributed by atoms with E-state index in [4.69, 9.17) is 16.6 Å². The Morgan fingerprint density at radius 3 is 2.58 bits per heavy atom. The molecule has 0 bridgehead atoms. The first kappa shape index (κ1) is 8.96. The van der Waals surface area contributed by atoms with Crippen molar-refractivity contribution in [3.63, 3.8) is 0 Å². The van der Waals surface area contributed by atoms with E-state index >= 15 is 0 Å². The maximum Gasteiger partial charge on any atom is 0.334 e. The minimum absolute atomic E-state index is 0.0631. The summed E-state index contributed by atoms with van der Waals surface area (Å²) in [7, 11) is 0. The molecule has 12 heavy (non-hydrogen) atoms. The first-order valence-electron chi connectivity index (χ1n) is 3.62. The highest BCUT2D eigenvalue weighted by molar-refractivity contribution is 5.90. The summed E-state index contributed by atoms with van der Waals surface area (Å²) in [6.45, 7) is 1.86. The van der Waals surface area contributed by atoms with Crippen LogP contribution >= 0.6 is 0 Å². The van der Waals surface area contributed by atoms with Crippen molar-refractivity contribution in [1.82, 2.24) is 0 Å². The lowest BCUT2D eigenvalue weighted by molar-refractivity contribution is -0.133. The molecule has 4 nitrogen and oxygen atoms in total. The predicted molar refractivity (Wildman–Crippen MR) is 45.2 cm³/mol. The van der Waals surface area contributed by atoms with E-state index in [9.17, 15) is 4.79 Å². The predicted octanol–water partition coefficient (Wildman–Crippen LogP) is -0.0389. The first-order valence-corrected chi connectivity index (χ1v) is 3.62. The van der Waals surface area contributed by atoms with E-state index in [1.165, 1.54) is 6.08 Å². The highest BCUT2D eigenvalue weighted by atomic mass is 16.4. The molecule has 0 unspecified atom stereocenters. The Hall–Kier alpha value is -1.13. The van der Waals surface area contributed by atoms with Gasteiger partial charge in [-0.3, -0.25) is 0 Å². The molecular formula is C8H12N2O2. The number of allylic oxidation sites excluding steroid dienone is 2. The second-order valence-corrected chi connectivity index (χ2v) is 3.12. The van der Waals surface area contributed by atoms with Crippen LogP contribution < -0.4 is 11.5 Å². The minimum Gasteiger partial charge on any atom is -0.478 e. The Bertz CT molecular complexity index is 277. The van der Waals surface area contributed by atoms with Gasteiger partial charge in [-0.05, 0) is 13.0 Å². The van der Waals surface area contributed by atoms with Gasteiger partial charge >= 0.3 is 5.97 Å². The van der Waals surface area contributed by atoms with Crippen LogP contribution in [0, 0.1) is 0 Å². The van der Waals surface area contributed by atoms with Crippen LogP contribution in [0.25, 0.3) is 0 Å². The summed E-state index contributed by atoms with van der Waals surface area (Å²) in [6, 6.07) is 0. The molecule has 0 heterocycles. The van der Waals surface area contributed by atoms with Crippen molar-refractivity contribution < 1.29 is 9.90 Å². The molecular weight excluding hydrogens is 156 g/mol. The zero-order chi connectivity index (χ0) is 9.35. The normalized spacial score (nSPS) is 21.2. The van der Waals surface area contributed by atoms with E-state index in [1.807, 2.05) is 6.92 Å². The zero-order valence-electron chi connectivity index (χ0n) is 6.87. The fourth-order valence-corrected chi connectivity index (χ4v) is 1.27. The third kappa shape index (κ3) is 1.54. The molecule has 0 atom stereocenters. The highest BCUT2D eigenvalue weighted by Crippen LogP contribution is 2.22. The lowest BCUT2D eigenvalue weighted by Gasteiger charge is -2.28. The lowest BCUT2D eigenvalue weighted by Crippen LogP contribution is -2.53. The van der Waals surface area contributed by atoms with Crippen LogP contribution in [0.4, 0.5) is 0 Å². The number of nitrogens with two attached hydrogens (primary N) is 2. The van der Waals surface area contributed by atoms with Gasteiger partial charge < -0.3 is 16.6 Å². The van der Waals surface area contributed by atoms with Crippen LogP contribution in [0.1, 0.15) is 13.3 Å². The average molecular weight is 168 g/mol. The summed E-state index contributed by atoms with van der Waals surface area (Å²) in [5.74, 6) is -1.05. The number of hydrogen-bond donors (Lipinski definition) is 3. The van der Waals surface area contributed by atoms with Gasteiger partial charge in [-0.2, -0.15) is 0 Å². The Morgan fingerprint density at radius 2 is 2.17 bits per heavy atom. The van der Waals surface area contributed by atoms with Crippen molar-refractivity contribution in [2.45, 2.75) is 19.0 Å². The van der Waals surface area contributed by atoms with Crippen LogP contribution in [0.15, 0.2) is 23.3 Å². The molecule has 0 aromatic carbocycles. The van der Waals surface area contributed by atoms with Crippen LogP contribution in [-0.2, 0) is 4.79 Å². The lowest BCUT2D eigenvalue weighted by atomic mass is 9.89. The van der Waals surface area contributed by atoms with Crippen LogP contribution in [-0.4, -0.2) is 16.7 Å². The monoisotopic (exact) mass is 168 g/mol. The number of carboxylic acid groups (broad SMARTS) is 1. The fraction of sp³-hybridized carbons (Fsp3) is 0.375. The molecule has 0 aromatic rings. The maximum atomic E-state index is 10.6. The van der Waals surface area contributed by atoms with Crippen LogP contribution in [0.2, 0.25) is 0 Å². The van der Waals surface area contributed by atoms with Gasteiger partial charge in [-0.1, -0.05) is 11.6 Å². The number of aliphatic carboxylic acids is 1. The number of hydrogen-bond acceptors (Lipinski definition) is 3. The third-order valence-electron chi connectivity index (χ3n) is 1.84. The van der Waals surface area contributed by atoms with Crippen molar-refractivity contribution in [2.24, 2.45) is 11.5 Å². The van der Waals surface area contributed by atoms with Crippen molar-refractivity contribution in [3.8, 4) is 0 Å². The van der Waals surface area contributed by atoms with E-state index in [0.29, 0.717) is 6.42 Å². The fourth-order valence-electron chi connectivity index (χ4n) is 1.27. The molecule has 0 amide bonds. The van der Waals surface area contributed by atoms with Gasteiger partial charge in [0.25, 0.3) is 0 Å². The quantitative estimate of drug-likeness (QED) is 0.479. The molecule has 0 fully saturated rings. The SMILES string of the molecule is CC1=CC=C(C(=O)O)C(N)(N)C1. The topological polar surface area (TPSA) is 89.3 Å². The largest absolute Gasteiger partial charge is 0.478 e. The van der Waals surface area contributed by atoms with E-state index in [1.54, 1.807) is 6.08 Å². The summed E-state index contributed by atoms with van der Waals surface area (Å²) in [5, 5.41) is 8.70. The molecule has 0 aliphatic heterocycles. The second kappa shape index (κ2) is 2.73. The molecule has 1 rings (SSSR count). The molecule has 66 valence electrons. The first-order chi connectivity index (χ1) is 5.43. The van der Waals surface area contributed by atoms with Gasteiger partial charge in [-0.15, -0.1) is 0 Å². The summed E-state index contributed by atoms with van der Waals surface area (Å²) >= 11 is 0. The Balaban J connectivity index is 3.04. The van der Waals surface area contributed by atoms with Gasteiger partial charge in [0.15, 0.2) is 0 Å². The molecule has 0 saturated heterocycles. The Morgan fingerprint density at radius 1 is 1.58 bits per heavy atom. The Kier molecular flexibility index (Phi) is 2.04. The van der Waals surface area contributed by atoms with Gasteiger partial charge in [0, 0.05) is 6.42 Å². The van der Waals surface area contributed by atoms with Crippen LogP contribution in [0.3, 0.4) is 0 Å². The van der Waals surface area contributed by atoms with E-state index < -0.39 is 11.6 Å². The van der Waals surface area contributed by atoms with E-state index in [2.05, 4.69) is 0 Å². The summed E-state index contributed by atoms with van der Waals surface area (Å²) in [6.07, 6.45) is 3.58. The maximum absolute atomic E-state index is 10.6. The summed E-state index contributed by atoms with van der Waals surface area (Å²) in [5.41, 5.74) is 11.0. The standard InChI is InChI=1S/C8H12N2O2/c1-5-2-3-6(7(11)12)8(9,10)4-5/h2-3H,4,9-10H2,1H3,(H,11,12). The van der Waals surface area contributed by atoms with E-state index in [-0.39, 0.29) is 5.57 Å². The smallest absolute Gasteiger partial charge is 0.334 e. The molecule has 0 spiro atoms. The second-order valence-electron chi connectivity index (χ2n) is 3.12. The van der Waals surface area contributed by atoms with Gasteiger partial charge in [0.2, 0.25) is 0 Å². The van der Waals surface area contributed by atoms with Crippen LogP contribution in [0.5, 0.6) is 0 Å². The molecule has 4 heteroatoms. The molecule has 0 saturated carbocycles. The highest BCUT2D eigenvalue weighted by Gasteiger charge is 2.31. The minimum atomic E-state index is -1.22. The molecule has 0 radical (unpaired) electrons. The third-order valence-corrected chi connectivity index (χ3v) is 1.84. The van der Waals surface area contributed by atoms with Gasteiger partial charge in [0.1, 0.15) is 5.66 Å². The molecule has 0 aromatic heterocycles. The van der Waals surface area contributed by atoms with Gasteiger partial charge in [0.05, 0.1) is 5.57 Å². The molecule has 1 aliphatic rings. The van der Waals surface area contributed by atoms with Gasteiger partial charge in [-0.25, -0.2) is 4.79 Å². The zero-order valence-corrected chi connectivity index (χ0v) is 6.87. The van der Waals surface area contributed by atoms with E-state index in [0.717, 1.165) is 5.57 Å². The van der Waals surface area contributed by atoms with Crippen molar-refractivity contribution in [3.05, 3.63) is 23.3 Å². The Labute approximate surface area is 70.5 Å².